The van der Waals surface area contributed by atoms with Gasteiger partial charge >= 0.3 is 6.18 Å². The van der Waals surface area contributed by atoms with Crippen LogP contribution in [0.25, 0.3) is 22.4 Å². The summed E-state index contributed by atoms with van der Waals surface area (Å²) in [6, 6.07) is 17.9. The molecule has 1 aliphatic rings. The van der Waals surface area contributed by atoms with Gasteiger partial charge in [-0.25, -0.2) is 4.39 Å². The number of amides is 2. The van der Waals surface area contributed by atoms with E-state index in [0.717, 1.165) is 6.07 Å². The summed E-state index contributed by atoms with van der Waals surface area (Å²) in [5.41, 5.74) is 6.67. The minimum Gasteiger partial charge on any atom is -0.355 e. The summed E-state index contributed by atoms with van der Waals surface area (Å²) in [6.45, 7) is 0.420. The zero-order valence-electron chi connectivity index (χ0n) is 21.8. The third kappa shape index (κ3) is 5.96. The smallest absolute Gasteiger partial charge is 0.355 e. The van der Waals surface area contributed by atoms with Gasteiger partial charge in [0.2, 0.25) is 0 Å². The molecule has 0 aliphatic carbocycles. The highest BCUT2D eigenvalue weighted by Crippen LogP contribution is 2.38. The first-order valence-electron chi connectivity index (χ1n) is 12.7. The molecule has 3 aromatic carbocycles. The van der Waals surface area contributed by atoms with Gasteiger partial charge in [-0.3, -0.25) is 25.4 Å². The summed E-state index contributed by atoms with van der Waals surface area (Å²) in [7, 11) is 1.53. The molecule has 0 saturated carbocycles. The Balaban J connectivity index is 1.55. The first kappa shape index (κ1) is 27.9. The zero-order valence-corrected chi connectivity index (χ0v) is 21.8. The quantitative estimate of drug-likeness (QED) is 0.225. The molecule has 0 bridgehead atoms. The number of benzene rings is 3. The lowest BCUT2D eigenvalue weighted by Crippen LogP contribution is -2.27. The first-order valence-corrected chi connectivity index (χ1v) is 12.7. The fourth-order valence-electron chi connectivity index (χ4n) is 4.71. The average Bonchev–Trinajstić information content (AvgIpc) is 3.51. The van der Waals surface area contributed by atoms with E-state index in [1.54, 1.807) is 60.8 Å². The molecule has 5 rings (SSSR count). The number of aromatic nitrogens is 1. The van der Waals surface area contributed by atoms with Crippen LogP contribution in [0.2, 0.25) is 0 Å². The highest BCUT2D eigenvalue weighted by atomic mass is 19.4. The van der Waals surface area contributed by atoms with Gasteiger partial charge in [-0.05, 0) is 47.9 Å². The van der Waals surface area contributed by atoms with Crippen LogP contribution in [0, 0.1) is 5.82 Å². The Hall–Kier alpha value is -4.61. The van der Waals surface area contributed by atoms with Crippen LogP contribution in [0.5, 0.6) is 0 Å². The SMILES string of the molecule is CNC(=O)c1ccc(-c2cnc(-c3ccccc3)c(NC(=O)c3cc(C4CCNN4)c(C(F)(F)F)cc3F)c2)cc1. The monoisotopic (exact) mass is 563 g/mol. The largest absolute Gasteiger partial charge is 0.416 e. The zero-order chi connectivity index (χ0) is 29.1. The number of carbonyl (C=O) groups is 2. The van der Waals surface area contributed by atoms with E-state index >= 15 is 4.39 Å². The van der Waals surface area contributed by atoms with Gasteiger partial charge in [-0.1, -0.05) is 42.5 Å². The van der Waals surface area contributed by atoms with E-state index in [9.17, 15) is 22.8 Å². The maximum absolute atomic E-state index is 15.1. The Bertz CT molecular complexity index is 1590. The average molecular weight is 564 g/mol. The lowest BCUT2D eigenvalue weighted by atomic mass is 9.95. The van der Waals surface area contributed by atoms with Gasteiger partial charge < -0.3 is 10.6 Å². The molecular weight excluding hydrogens is 538 g/mol. The third-order valence-corrected chi connectivity index (χ3v) is 6.79. The summed E-state index contributed by atoms with van der Waals surface area (Å²) in [5.74, 6) is -2.46. The maximum atomic E-state index is 15.1. The Morgan fingerprint density at radius 1 is 0.927 bits per heavy atom. The van der Waals surface area contributed by atoms with Gasteiger partial charge in [-0.2, -0.15) is 13.2 Å². The molecule has 1 saturated heterocycles. The van der Waals surface area contributed by atoms with E-state index in [1.165, 1.54) is 7.05 Å². The van der Waals surface area contributed by atoms with Gasteiger partial charge in [0.15, 0.2) is 0 Å². The molecule has 41 heavy (non-hydrogen) atoms. The lowest BCUT2D eigenvalue weighted by molar-refractivity contribution is -0.138. The summed E-state index contributed by atoms with van der Waals surface area (Å²) in [6.07, 6.45) is -2.87. The number of hydrogen-bond donors (Lipinski definition) is 4. The fraction of sp³-hybridized carbons (Fsp3) is 0.167. The molecule has 210 valence electrons. The Morgan fingerprint density at radius 2 is 1.66 bits per heavy atom. The summed E-state index contributed by atoms with van der Waals surface area (Å²) >= 11 is 0. The van der Waals surface area contributed by atoms with E-state index in [-0.39, 0.29) is 17.2 Å². The van der Waals surface area contributed by atoms with Gasteiger partial charge in [0.25, 0.3) is 11.8 Å². The number of pyridine rings is 1. The number of rotatable bonds is 6. The lowest BCUT2D eigenvalue weighted by Gasteiger charge is -2.20. The summed E-state index contributed by atoms with van der Waals surface area (Å²) in [5, 5.41) is 5.22. The molecule has 1 aromatic heterocycles. The number of hydrazine groups is 1. The molecule has 1 atom stereocenters. The van der Waals surface area contributed by atoms with Crippen molar-refractivity contribution < 1.29 is 27.2 Å². The molecule has 0 radical (unpaired) electrons. The van der Waals surface area contributed by atoms with E-state index in [1.807, 2.05) is 6.07 Å². The van der Waals surface area contributed by atoms with Gasteiger partial charge in [0, 0.05) is 42.5 Å². The number of nitrogens with zero attached hydrogens (tertiary/aromatic N) is 1. The van der Waals surface area contributed by atoms with Crippen LogP contribution in [0.1, 0.15) is 44.3 Å². The predicted molar refractivity (Wildman–Crippen MR) is 146 cm³/mol. The highest BCUT2D eigenvalue weighted by Gasteiger charge is 2.37. The molecule has 4 aromatic rings. The first-order chi connectivity index (χ1) is 19.7. The Labute approximate surface area is 233 Å². The molecular formula is C30H25F4N5O2. The molecule has 1 aliphatic heterocycles. The Kier molecular flexibility index (Phi) is 7.82. The van der Waals surface area contributed by atoms with E-state index in [4.69, 9.17) is 0 Å². The van der Waals surface area contributed by atoms with E-state index < -0.39 is 35.1 Å². The van der Waals surface area contributed by atoms with Crippen LogP contribution in [0.3, 0.4) is 0 Å². The maximum Gasteiger partial charge on any atom is 0.416 e. The number of halogens is 4. The van der Waals surface area contributed by atoms with Crippen LogP contribution in [0.15, 0.2) is 79.0 Å². The van der Waals surface area contributed by atoms with Gasteiger partial charge in [0.1, 0.15) is 5.82 Å². The van der Waals surface area contributed by atoms with Crippen molar-refractivity contribution in [3.63, 3.8) is 0 Å². The van der Waals surface area contributed by atoms with Crippen LogP contribution in [-0.4, -0.2) is 30.4 Å². The van der Waals surface area contributed by atoms with Crippen LogP contribution < -0.4 is 21.5 Å². The second-order valence-corrected chi connectivity index (χ2v) is 9.43. The van der Waals surface area contributed by atoms with Crippen molar-refractivity contribution in [1.29, 1.82) is 0 Å². The van der Waals surface area contributed by atoms with Crippen molar-refractivity contribution in [2.45, 2.75) is 18.6 Å². The highest BCUT2D eigenvalue weighted by molar-refractivity contribution is 6.06. The molecule has 0 spiro atoms. The second-order valence-electron chi connectivity index (χ2n) is 9.43. The molecule has 1 unspecified atom stereocenters. The van der Waals surface area contributed by atoms with Crippen molar-refractivity contribution in [2.24, 2.45) is 0 Å². The van der Waals surface area contributed by atoms with Crippen molar-refractivity contribution in [2.75, 3.05) is 18.9 Å². The summed E-state index contributed by atoms with van der Waals surface area (Å²) in [4.78, 5) is 29.9. The molecule has 7 nitrogen and oxygen atoms in total. The topological polar surface area (TPSA) is 95.2 Å². The predicted octanol–water partition coefficient (Wildman–Crippen LogP) is 5.72. The second kappa shape index (κ2) is 11.5. The number of carbonyl (C=O) groups excluding carboxylic acids is 2. The normalized spacial score (nSPS) is 15.0. The fourth-order valence-corrected chi connectivity index (χ4v) is 4.71. The van der Waals surface area contributed by atoms with Crippen molar-refractivity contribution in [1.82, 2.24) is 21.2 Å². The number of hydrogen-bond acceptors (Lipinski definition) is 5. The van der Waals surface area contributed by atoms with Crippen LogP contribution in [-0.2, 0) is 6.18 Å². The van der Waals surface area contributed by atoms with Crippen LogP contribution in [0.4, 0.5) is 23.2 Å². The van der Waals surface area contributed by atoms with Gasteiger partial charge in [-0.15, -0.1) is 0 Å². The molecule has 2 amide bonds. The van der Waals surface area contributed by atoms with E-state index in [0.29, 0.717) is 47.0 Å². The number of nitrogens with one attached hydrogen (secondary N) is 4. The molecule has 11 heteroatoms. The minimum absolute atomic E-state index is 0.222. The number of anilines is 1. The van der Waals surface area contributed by atoms with E-state index in [2.05, 4.69) is 26.5 Å². The van der Waals surface area contributed by atoms with Crippen molar-refractivity contribution in [3.8, 4) is 22.4 Å². The summed E-state index contributed by atoms with van der Waals surface area (Å²) < 4.78 is 56.3. The van der Waals surface area contributed by atoms with Crippen LogP contribution >= 0.6 is 0 Å². The minimum atomic E-state index is -4.80. The van der Waals surface area contributed by atoms with Crippen molar-refractivity contribution in [3.05, 3.63) is 107 Å². The molecule has 2 heterocycles. The standard InChI is InChI=1S/C30H25F4N5O2/c1-35-28(40)19-9-7-17(8-10-19)20-13-26(27(36-16-20)18-5-3-2-4-6-18)38-29(41)22-14-21(25-11-12-37-39-25)23(15-24(22)31)30(32,33)34/h2-10,13-16,25,37,39H,11-12H2,1H3,(H,35,40)(H,38,41). The van der Waals surface area contributed by atoms with Gasteiger partial charge in [0.05, 0.1) is 22.5 Å². The number of alkyl halides is 3. The van der Waals surface area contributed by atoms with Crippen molar-refractivity contribution >= 4 is 17.5 Å². The Morgan fingerprint density at radius 3 is 2.29 bits per heavy atom. The molecule has 1 fully saturated rings. The third-order valence-electron chi connectivity index (χ3n) is 6.79. The molecule has 4 N–H and O–H groups in total.